The minimum absolute atomic E-state index is 0.588. The highest BCUT2D eigenvalue weighted by molar-refractivity contribution is 6.14. The number of rotatable bonds is 3. The number of benzene rings is 10. The molecule has 2 aliphatic rings. The molecule has 0 radical (unpaired) electrons. The molecular formula is C62H37N5O. The molecule has 5 heterocycles. The summed E-state index contributed by atoms with van der Waals surface area (Å²) in [7, 11) is 0. The summed E-state index contributed by atoms with van der Waals surface area (Å²) in [6.07, 6.45) is 0. The molecule has 0 fully saturated rings. The van der Waals surface area contributed by atoms with Crippen molar-refractivity contribution in [2.24, 2.45) is 0 Å². The molecule has 4 aromatic heterocycles. The smallest absolute Gasteiger partial charge is 0.303 e. The molecule has 6 heteroatoms. The predicted molar refractivity (Wildman–Crippen MR) is 276 cm³/mol. The zero-order valence-electron chi connectivity index (χ0n) is 36.5. The molecule has 0 N–H and O–H groups in total. The van der Waals surface area contributed by atoms with Gasteiger partial charge in [-0.2, -0.15) is 4.98 Å². The quantitative estimate of drug-likeness (QED) is 0.178. The van der Waals surface area contributed by atoms with E-state index in [4.69, 9.17) is 9.72 Å². The molecule has 1 aliphatic heterocycles. The van der Waals surface area contributed by atoms with Crippen molar-refractivity contribution in [3.63, 3.8) is 0 Å². The van der Waals surface area contributed by atoms with Crippen LogP contribution in [0.25, 0.3) is 110 Å². The van der Waals surface area contributed by atoms with E-state index < -0.39 is 5.60 Å². The van der Waals surface area contributed by atoms with Gasteiger partial charge in [-0.3, -0.25) is 4.57 Å². The van der Waals surface area contributed by atoms with Crippen molar-refractivity contribution in [3.05, 3.63) is 241 Å². The van der Waals surface area contributed by atoms with Crippen molar-refractivity contribution in [1.29, 1.82) is 0 Å². The number of nitrogens with zero attached hydrogens (tertiary/aromatic N) is 5. The molecule has 1 spiro atoms. The average molecular weight is 868 g/mol. The molecule has 68 heavy (non-hydrogen) atoms. The Hall–Kier alpha value is -9.13. The van der Waals surface area contributed by atoms with Crippen molar-refractivity contribution in [3.8, 4) is 39.9 Å². The summed E-state index contributed by atoms with van der Waals surface area (Å²) in [6.45, 7) is 0. The van der Waals surface area contributed by atoms with E-state index in [1.807, 2.05) is 6.07 Å². The first-order valence-corrected chi connectivity index (χ1v) is 23.3. The largest absolute Gasteiger partial charge is 0.443 e. The summed E-state index contributed by atoms with van der Waals surface area (Å²) >= 11 is 0. The van der Waals surface area contributed by atoms with Gasteiger partial charge in [0.25, 0.3) is 0 Å². The molecule has 316 valence electrons. The van der Waals surface area contributed by atoms with Crippen molar-refractivity contribution in [2.45, 2.75) is 5.60 Å². The molecule has 1 aliphatic carbocycles. The lowest BCUT2D eigenvalue weighted by molar-refractivity contribution is 0.132. The maximum atomic E-state index is 7.48. The van der Waals surface area contributed by atoms with Gasteiger partial charge in [0.2, 0.25) is 0 Å². The monoisotopic (exact) mass is 867 g/mol. The van der Waals surface area contributed by atoms with Crippen LogP contribution in [0.3, 0.4) is 0 Å². The minimum atomic E-state index is -0.942. The van der Waals surface area contributed by atoms with Crippen LogP contribution in [0, 0.1) is 0 Å². The third-order valence-electron chi connectivity index (χ3n) is 14.9. The molecule has 10 aromatic carbocycles. The Morgan fingerprint density at radius 1 is 0.309 bits per heavy atom. The molecule has 16 rings (SSSR count). The van der Waals surface area contributed by atoms with Crippen LogP contribution in [-0.4, -0.2) is 23.3 Å². The zero-order chi connectivity index (χ0) is 44.2. The lowest BCUT2D eigenvalue weighted by Crippen LogP contribution is -2.39. The Kier molecular flexibility index (Phi) is 6.92. The van der Waals surface area contributed by atoms with E-state index in [9.17, 15) is 0 Å². The topological polar surface area (TPSA) is 41.8 Å². The van der Waals surface area contributed by atoms with Crippen LogP contribution in [0.5, 0.6) is 6.01 Å². The highest BCUT2D eigenvalue weighted by Gasteiger charge is 2.52. The second kappa shape index (κ2) is 13.0. The molecule has 0 amide bonds. The molecule has 14 aromatic rings. The van der Waals surface area contributed by atoms with E-state index in [0.717, 1.165) is 61.5 Å². The second-order valence-corrected chi connectivity index (χ2v) is 18.3. The van der Waals surface area contributed by atoms with Crippen molar-refractivity contribution < 1.29 is 4.74 Å². The molecule has 0 unspecified atom stereocenters. The zero-order valence-corrected chi connectivity index (χ0v) is 36.5. The summed E-state index contributed by atoms with van der Waals surface area (Å²) in [4.78, 5) is 5.14. The van der Waals surface area contributed by atoms with Gasteiger partial charge in [0.1, 0.15) is 0 Å². The number of ether oxygens (including phenoxy) is 1. The highest BCUT2D eigenvalue weighted by atomic mass is 16.5. The normalized spacial score (nSPS) is 13.5. The summed E-state index contributed by atoms with van der Waals surface area (Å²) in [5.74, 6) is 0. The van der Waals surface area contributed by atoms with Gasteiger partial charge in [0, 0.05) is 66.1 Å². The number of imidazole rings is 1. The van der Waals surface area contributed by atoms with Crippen molar-refractivity contribution in [2.75, 3.05) is 0 Å². The first-order valence-electron chi connectivity index (χ1n) is 23.3. The average Bonchev–Trinajstić information content (AvgIpc) is 4.19. The highest BCUT2D eigenvalue weighted by Crippen LogP contribution is 2.57. The number of fused-ring (bicyclic) bond motifs is 20. The van der Waals surface area contributed by atoms with Crippen LogP contribution in [0.15, 0.2) is 224 Å². The van der Waals surface area contributed by atoms with Gasteiger partial charge in [-0.15, -0.1) is 0 Å². The summed E-state index contributed by atoms with van der Waals surface area (Å²) in [6, 6.07) is 82.4. The molecular weight excluding hydrogens is 831 g/mol. The lowest BCUT2D eigenvalue weighted by Gasteiger charge is -2.38. The van der Waals surface area contributed by atoms with Crippen molar-refractivity contribution in [1.82, 2.24) is 23.3 Å². The van der Waals surface area contributed by atoms with E-state index >= 15 is 0 Å². The van der Waals surface area contributed by atoms with Gasteiger partial charge in [0.05, 0.1) is 49.8 Å². The molecule has 0 saturated heterocycles. The molecule has 0 bridgehead atoms. The number of hydrogen-bond donors (Lipinski definition) is 0. The summed E-state index contributed by atoms with van der Waals surface area (Å²) < 4.78 is 17.0. The van der Waals surface area contributed by atoms with Crippen LogP contribution in [0.1, 0.15) is 16.7 Å². The van der Waals surface area contributed by atoms with Gasteiger partial charge < -0.3 is 18.4 Å². The maximum Gasteiger partial charge on any atom is 0.303 e. The number of para-hydroxylation sites is 6. The fourth-order valence-electron chi connectivity index (χ4n) is 12.2. The van der Waals surface area contributed by atoms with Crippen molar-refractivity contribution >= 4 is 76.5 Å². The van der Waals surface area contributed by atoms with Crippen LogP contribution in [0.4, 0.5) is 0 Å². The Morgan fingerprint density at radius 3 is 1.22 bits per heavy atom. The van der Waals surface area contributed by atoms with Gasteiger partial charge >= 0.3 is 6.01 Å². The number of aromatic nitrogens is 5. The van der Waals surface area contributed by atoms with Crippen LogP contribution in [0.2, 0.25) is 0 Å². The summed E-state index contributed by atoms with van der Waals surface area (Å²) in [5, 5.41) is 7.32. The number of hydrogen-bond acceptors (Lipinski definition) is 2. The third-order valence-corrected chi connectivity index (χ3v) is 14.9. The van der Waals surface area contributed by atoms with Gasteiger partial charge in [-0.25, -0.2) is 0 Å². The first kappa shape index (κ1) is 36.1. The molecule has 0 saturated carbocycles. The Morgan fingerprint density at radius 2 is 0.706 bits per heavy atom. The fraction of sp³-hybridized carbons (Fsp3) is 0.0161. The standard InChI is InChI=1S/C62H37N5O/c1-7-21-49-41(15-1)42-16-2-8-22-50(42)62(49)51-37-40(31-34-59(51)67-60-28-14-9-23-52(60)63-61(67)68-62)66-57-32-29-38(64-53-24-10-3-17-43(53)44-18-4-11-25-54(44)64)35-47(57)48-36-39(30-33-58(48)66)65-55-26-12-5-19-45(55)46-20-6-13-27-56(46)65/h1-37H. The first-order chi connectivity index (χ1) is 33.7. The lowest BCUT2D eigenvalue weighted by atomic mass is 9.82. The van der Waals surface area contributed by atoms with Gasteiger partial charge in [0.15, 0.2) is 5.60 Å². The Labute approximate surface area is 389 Å². The Balaban J connectivity index is 1.00. The molecule has 6 nitrogen and oxygen atoms in total. The van der Waals surface area contributed by atoms with Crippen LogP contribution >= 0.6 is 0 Å². The predicted octanol–water partition coefficient (Wildman–Crippen LogP) is 15.0. The van der Waals surface area contributed by atoms with E-state index in [-0.39, 0.29) is 0 Å². The van der Waals surface area contributed by atoms with E-state index in [1.165, 1.54) is 65.5 Å². The van der Waals surface area contributed by atoms with Crippen LogP contribution < -0.4 is 4.74 Å². The van der Waals surface area contributed by atoms with E-state index in [2.05, 4.69) is 237 Å². The van der Waals surface area contributed by atoms with Gasteiger partial charge in [-0.05, 0) is 102 Å². The Bertz CT molecular complexity index is 4180. The second-order valence-electron chi connectivity index (χ2n) is 18.3. The SMILES string of the molecule is c1ccc2c(c1)-c1ccccc1C21Oc2nc3ccccc3n2-c2ccc(-n3c4ccc(-n5c6ccccc6c6ccccc65)cc4c4cc(-n5c6ccccc6c6ccccc65)ccc43)cc21. The van der Waals surface area contributed by atoms with E-state index in [0.29, 0.717) is 6.01 Å². The van der Waals surface area contributed by atoms with E-state index in [1.54, 1.807) is 0 Å². The van der Waals surface area contributed by atoms with Gasteiger partial charge in [-0.1, -0.05) is 133 Å². The fourth-order valence-corrected chi connectivity index (χ4v) is 12.2. The molecule has 0 atom stereocenters. The van der Waals surface area contributed by atoms with Crippen LogP contribution in [-0.2, 0) is 5.60 Å². The summed E-state index contributed by atoms with van der Waals surface area (Å²) in [5.41, 5.74) is 18.0. The third kappa shape index (κ3) is 4.53. The minimum Gasteiger partial charge on any atom is -0.443 e. The maximum absolute atomic E-state index is 7.48.